The molecule has 0 aliphatic heterocycles. The first-order valence-corrected chi connectivity index (χ1v) is 5.34. The van der Waals surface area contributed by atoms with Crippen molar-refractivity contribution in [1.29, 1.82) is 0 Å². The van der Waals surface area contributed by atoms with Crippen molar-refractivity contribution in [3.8, 4) is 0 Å². The van der Waals surface area contributed by atoms with E-state index in [1.54, 1.807) is 0 Å². The van der Waals surface area contributed by atoms with E-state index in [0.717, 1.165) is 28.8 Å². The largest absolute Gasteiger partial charge is 0.308 e. The highest BCUT2D eigenvalue weighted by molar-refractivity contribution is 9.10. The number of rotatable bonds is 3. The van der Waals surface area contributed by atoms with Crippen LogP contribution in [0.3, 0.4) is 0 Å². The van der Waals surface area contributed by atoms with Gasteiger partial charge < -0.3 is 5.43 Å². The Morgan fingerprint density at radius 2 is 2.07 bits per heavy atom. The van der Waals surface area contributed by atoms with E-state index >= 15 is 0 Å². The first-order valence-electron chi connectivity index (χ1n) is 4.55. The van der Waals surface area contributed by atoms with Crippen molar-refractivity contribution in [3.63, 3.8) is 0 Å². The fourth-order valence-corrected chi connectivity index (χ4v) is 1.32. The molecule has 0 aliphatic rings. The molecule has 0 saturated heterocycles. The van der Waals surface area contributed by atoms with E-state index in [0.29, 0.717) is 0 Å². The molecule has 0 aliphatic carbocycles. The van der Waals surface area contributed by atoms with E-state index in [1.165, 1.54) is 0 Å². The third-order valence-corrected chi connectivity index (χ3v) is 2.28. The zero-order valence-electron chi connectivity index (χ0n) is 8.13. The Balaban J connectivity index is 2.84. The molecule has 0 bridgehead atoms. The summed E-state index contributed by atoms with van der Waals surface area (Å²) >= 11 is 3.38. The van der Waals surface area contributed by atoms with Crippen LogP contribution in [0.2, 0.25) is 0 Å². The molecular weight excluding hydrogens is 242 g/mol. The Labute approximate surface area is 92.5 Å². The predicted molar refractivity (Wildman–Crippen MR) is 63.2 cm³/mol. The molecule has 0 spiro atoms. The van der Waals surface area contributed by atoms with Crippen molar-refractivity contribution in [2.24, 2.45) is 10.8 Å². The average Bonchev–Trinajstić information content (AvgIpc) is 2.21. The summed E-state index contributed by atoms with van der Waals surface area (Å²) in [4.78, 5) is 4.33. The molecular formula is C10H14BrN3. The third-order valence-electron chi connectivity index (χ3n) is 1.75. The number of amidine groups is 1. The van der Waals surface area contributed by atoms with E-state index < -0.39 is 0 Å². The highest BCUT2D eigenvalue weighted by Gasteiger charge is 1.99. The van der Waals surface area contributed by atoms with Crippen molar-refractivity contribution in [1.82, 2.24) is 5.43 Å². The van der Waals surface area contributed by atoms with Gasteiger partial charge in [-0.1, -0.05) is 35.0 Å². The molecule has 0 unspecified atom stereocenters. The lowest BCUT2D eigenvalue weighted by molar-refractivity contribution is 0.907. The standard InChI is InChI=1S/C10H14BrN3/c1-2-7-13-10(14-12)8-3-5-9(11)6-4-8/h3-6H,2,7,12H2,1H3,(H,13,14). The number of hydrogen-bond acceptors (Lipinski definition) is 2. The molecule has 76 valence electrons. The summed E-state index contributed by atoms with van der Waals surface area (Å²) in [6.45, 7) is 2.87. The minimum Gasteiger partial charge on any atom is -0.308 e. The molecule has 1 aromatic carbocycles. The van der Waals surface area contributed by atoms with Crippen molar-refractivity contribution >= 4 is 21.8 Å². The molecule has 0 radical (unpaired) electrons. The fraction of sp³-hybridized carbons (Fsp3) is 0.300. The van der Waals surface area contributed by atoms with Crippen LogP contribution in [0.1, 0.15) is 18.9 Å². The van der Waals surface area contributed by atoms with Gasteiger partial charge in [-0.3, -0.25) is 4.99 Å². The summed E-state index contributed by atoms with van der Waals surface area (Å²) in [5.41, 5.74) is 3.61. The van der Waals surface area contributed by atoms with E-state index in [4.69, 9.17) is 5.84 Å². The van der Waals surface area contributed by atoms with Gasteiger partial charge in [0.15, 0.2) is 0 Å². The van der Waals surface area contributed by atoms with Gasteiger partial charge in [-0.15, -0.1) is 0 Å². The van der Waals surface area contributed by atoms with Crippen LogP contribution in [0.5, 0.6) is 0 Å². The molecule has 3 N–H and O–H groups in total. The summed E-state index contributed by atoms with van der Waals surface area (Å²) in [6, 6.07) is 7.87. The molecule has 0 aromatic heterocycles. The zero-order valence-corrected chi connectivity index (χ0v) is 9.71. The summed E-state index contributed by atoms with van der Waals surface area (Å²) in [5.74, 6) is 6.13. The summed E-state index contributed by atoms with van der Waals surface area (Å²) in [7, 11) is 0. The van der Waals surface area contributed by atoms with Gasteiger partial charge in [-0.25, -0.2) is 5.84 Å². The van der Waals surface area contributed by atoms with Gasteiger partial charge in [0.05, 0.1) is 0 Å². The lowest BCUT2D eigenvalue weighted by atomic mass is 10.2. The highest BCUT2D eigenvalue weighted by Crippen LogP contribution is 2.10. The van der Waals surface area contributed by atoms with Crippen molar-refractivity contribution in [2.75, 3.05) is 6.54 Å². The maximum Gasteiger partial charge on any atom is 0.142 e. The van der Waals surface area contributed by atoms with Crippen LogP contribution < -0.4 is 11.3 Å². The maximum atomic E-state index is 5.39. The van der Waals surface area contributed by atoms with Crippen LogP contribution >= 0.6 is 15.9 Å². The fourth-order valence-electron chi connectivity index (χ4n) is 1.05. The Morgan fingerprint density at radius 1 is 1.43 bits per heavy atom. The van der Waals surface area contributed by atoms with Crippen LogP contribution in [0.25, 0.3) is 0 Å². The van der Waals surface area contributed by atoms with Crippen molar-refractivity contribution in [3.05, 3.63) is 34.3 Å². The summed E-state index contributed by atoms with van der Waals surface area (Å²) < 4.78 is 1.05. The predicted octanol–water partition coefficient (Wildman–Crippen LogP) is 2.07. The van der Waals surface area contributed by atoms with Gasteiger partial charge in [0.2, 0.25) is 0 Å². The molecule has 3 nitrogen and oxygen atoms in total. The smallest absolute Gasteiger partial charge is 0.142 e. The number of nitrogens with two attached hydrogens (primary N) is 1. The van der Waals surface area contributed by atoms with Gasteiger partial charge in [0, 0.05) is 16.6 Å². The van der Waals surface area contributed by atoms with Crippen LogP contribution in [-0.4, -0.2) is 12.4 Å². The maximum absolute atomic E-state index is 5.39. The number of hydrogen-bond donors (Lipinski definition) is 2. The molecule has 14 heavy (non-hydrogen) atoms. The van der Waals surface area contributed by atoms with Crippen molar-refractivity contribution < 1.29 is 0 Å². The Bertz CT molecular complexity index is 306. The van der Waals surface area contributed by atoms with Gasteiger partial charge >= 0.3 is 0 Å². The van der Waals surface area contributed by atoms with E-state index in [-0.39, 0.29) is 0 Å². The van der Waals surface area contributed by atoms with Crippen LogP contribution in [0.4, 0.5) is 0 Å². The lowest BCUT2D eigenvalue weighted by Crippen LogP contribution is -2.31. The van der Waals surface area contributed by atoms with Crippen LogP contribution in [0.15, 0.2) is 33.7 Å². The number of hydrazine groups is 1. The van der Waals surface area contributed by atoms with Gasteiger partial charge in [0.1, 0.15) is 5.84 Å². The zero-order chi connectivity index (χ0) is 10.4. The Hall–Kier alpha value is -0.870. The van der Waals surface area contributed by atoms with Gasteiger partial charge in [-0.05, 0) is 18.6 Å². The molecule has 0 fully saturated rings. The highest BCUT2D eigenvalue weighted by atomic mass is 79.9. The topological polar surface area (TPSA) is 50.4 Å². The second kappa shape index (κ2) is 5.78. The van der Waals surface area contributed by atoms with E-state index in [9.17, 15) is 0 Å². The molecule has 1 aromatic rings. The quantitative estimate of drug-likeness (QED) is 0.376. The van der Waals surface area contributed by atoms with Crippen molar-refractivity contribution in [2.45, 2.75) is 13.3 Å². The number of nitrogens with one attached hydrogen (secondary N) is 1. The Kier molecular flexibility index (Phi) is 4.62. The molecule has 0 saturated carbocycles. The minimum absolute atomic E-state index is 0.736. The first kappa shape index (κ1) is 11.2. The van der Waals surface area contributed by atoms with Crippen LogP contribution in [-0.2, 0) is 0 Å². The minimum atomic E-state index is 0.736. The van der Waals surface area contributed by atoms with Gasteiger partial charge in [-0.2, -0.15) is 0 Å². The van der Waals surface area contributed by atoms with E-state index in [2.05, 4.69) is 33.3 Å². The average molecular weight is 256 g/mol. The Morgan fingerprint density at radius 3 is 2.57 bits per heavy atom. The number of benzene rings is 1. The first-order chi connectivity index (χ1) is 6.77. The number of halogens is 1. The van der Waals surface area contributed by atoms with E-state index in [1.807, 2.05) is 24.3 Å². The van der Waals surface area contributed by atoms with Gasteiger partial charge in [0.25, 0.3) is 0 Å². The monoisotopic (exact) mass is 255 g/mol. The molecule has 4 heteroatoms. The molecule has 1 rings (SSSR count). The number of nitrogens with zero attached hydrogens (tertiary/aromatic N) is 1. The summed E-state index contributed by atoms with van der Waals surface area (Å²) in [5, 5.41) is 0. The normalized spacial score (nSPS) is 11.5. The van der Waals surface area contributed by atoms with Crippen LogP contribution in [0, 0.1) is 0 Å². The lowest BCUT2D eigenvalue weighted by Gasteiger charge is -2.05. The second-order valence-electron chi connectivity index (χ2n) is 2.88. The number of aliphatic imine (C=N–C) groups is 1. The SMILES string of the molecule is CCCN=C(NN)c1ccc(Br)cc1. The molecule has 0 heterocycles. The molecule has 0 atom stereocenters. The molecule has 0 amide bonds. The summed E-state index contributed by atoms with van der Waals surface area (Å²) in [6.07, 6.45) is 1.02. The third kappa shape index (κ3) is 3.12. The second-order valence-corrected chi connectivity index (χ2v) is 3.80.